The second-order valence-corrected chi connectivity index (χ2v) is 7.52. The molecule has 0 saturated carbocycles. The number of anilines is 1. The van der Waals surface area contributed by atoms with Crippen LogP contribution in [0.15, 0.2) is 72.3 Å². The standard InChI is InChI=1S/C24H17ClFNO5/c1-32-19-9-8-14(25)11-18(19)22(29)20-21(13-4-2-7-17(28)10-13)27(24(31)23(20)30)16-6-3-5-15(26)12-16/h2-12,21,28-29H,1H3/b22-20+. The van der Waals surface area contributed by atoms with Crippen molar-refractivity contribution >= 4 is 34.7 Å². The van der Waals surface area contributed by atoms with Crippen LogP contribution in [0.2, 0.25) is 5.02 Å². The molecule has 32 heavy (non-hydrogen) atoms. The molecule has 8 heteroatoms. The Morgan fingerprint density at radius 3 is 2.50 bits per heavy atom. The molecule has 1 atom stereocenters. The van der Waals surface area contributed by atoms with Crippen LogP contribution in [-0.2, 0) is 9.59 Å². The lowest BCUT2D eigenvalue weighted by Crippen LogP contribution is -2.29. The first-order valence-electron chi connectivity index (χ1n) is 9.51. The second-order valence-electron chi connectivity index (χ2n) is 7.09. The van der Waals surface area contributed by atoms with Crippen molar-refractivity contribution in [3.05, 3.63) is 94.3 Å². The lowest BCUT2D eigenvalue weighted by atomic mass is 9.94. The minimum atomic E-state index is -1.13. The maximum absolute atomic E-state index is 13.9. The topological polar surface area (TPSA) is 87.1 Å². The number of ether oxygens (including phenoxy) is 1. The number of ketones is 1. The van der Waals surface area contributed by atoms with E-state index >= 15 is 0 Å². The zero-order chi connectivity index (χ0) is 23.0. The molecule has 6 nitrogen and oxygen atoms in total. The molecule has 1 saturated heterocycles. The molecule has 1 amide bonds. The van der Waals surface area contributed by atoms with Gasteiger partial charge in [-0.05, 0) is 54.1 Å². The molecule has 4 rings (SSSR count). The van der Waals surface area contributed by atoms with Gasteiger partial charge in [0.2, 0.25) is 0 Å². The van der Waals surface area contributed by atoms with Crippen LogP contribution in [-0.4, -0.2) is 29.0 Å². The van der Waals surface area contributed by atoms with Gasteiger partial charge in [-0.3, -0.25) is 14.5 Å². The minimum Gasteiger partial charge on any atom is -0.508 e. The highest BCUT2D eigenvalue weighted by Crippen LogP contribution is 2.44. The number of aliphatic hydroxyl groups is 1. The molecule has 0 spiro atoms. The minimum absolute atomic E-state index is 0.104. The highest BCUT2D eigenvalue weighted by atomic mass is 35.5. The van der Waals surface area contributed by atoms with Crippen LogP contribution in [0.5, 0.6) is 11.5 Å². The fourth-order valence-corrected chi connectivity index (χ4v) is 3.92. The SMILES string of the molecule is COc1ccc(Cl)cc1/C(O)=C1\C(=O)C(=O)N(c2cccc(F)c2)C1c1cccc(O)c1. The fourth-order valence-electron chi connectivity index (χ4n) is 3.75. The quantitative estimate of drug-likeness (QED) is 0.336. The number of hydrogen-bond donors (Lipinski definition) is 2. The van der Waals surface area contributed by atoms with Crippen molar-refractivity contribution in [2.75, 3.05) is 12.0 Å². The molecule has 1 aliphatic rings. The second kappa shape index (κ2) is 8.36. The summed E-state index contributed by atoms with van der Waals surface area (Å²) in [6, 6.07) is 14.5. The molecule has 3 aromatic carbocycles. The van der Waals surface area contributed by atoms with E-state index in [2.05, 4.69) is 0 Å². The monoisotopic (exact) mass is 453 g/mol. The largest absolute Gasteiger partial charge is 0.508 e. The average molecular weight is 454 g/mol. The Balaban J connectivity index is 2.00. The van der Waals surface area contributed by atoms with E-state index in [4.69, 9.17) is 16.3 Å². The number of methoxy groups -OCH3 is 1. The molecule has 1 aliphatic heterocycles. The van der Waals surface area contributed by atoms with Gasteiger partial charge in [-0.1, -0.05) is 29.8 Å². The van der Waals surface area contributed by atoms with Crippen molar-refractivity contribution in [2.45, 2.75) is 6.04 Å². The van der Waals surface area contributed by atoms with Gasteiger partial charge in [-0.25, -0.2) is 4.39 Å². The third kappa shape index (κ3) is 3.67. The third-order valence-corrected chi connectivity index (χ3v) is 5.37. The Labute approximate surface area is 187 Å². The number of aromatic hydroxyl groups is 1. The first-order valence-corrected chi connectivity index (χ1v) is 9.89. The van der Waals surface area contributed by atoms with Crippen LogP contribution < -0.4 is 9.64 Å². The smallest absolute Gasteiger partial charge is 0.300 e. The van der Waals surface area contributed by atoms with Crippen molar-refractivity contribution in [1.29, 1.82) is 0 Å². The Bertz CT molecular complexity index is 1270. The van der Waals surface area contributed by atoms with E-state index in [-0.39, 0.29) is 33.3 Å². The molecule has 2 N–H and O–H groups in total. The van der Waals surface area contributed by atoms with Crippen molar-refractivity contribution in [3.8, 4) is 11.5 Å². The van der Waals surface area contributed by atoms with Gasteiger partial charge in [0.1, 0.15) is 23.1 Å². The molecule has 0 radical (unpaired) electrons. The number of nitrogens with zero attached hydrogens (tertiary/aromatic N) is 1. The van der Waals surface area contributed by atoms with Gasteiger partial charge in [0.05, 0.1) is 24.3 Å². The predicted octanol–water partition coefficient (Wildman–Crippen LogP) is 4.82. The number of rotatable bonds is 4. The van der Waals surface area contributed by atoms with Crippen molar-refractivity contribution in [1.82, 2.24) is 0 Å². The summed E-state index contributed by atoms with van der Waals surface area (Å²) in [6.07, 6.45) is 0. The van der Waals surface area contributed by atoms with Crippen molar-refractivity contribution < 1.29 is 28.9 Å². The molecule has 162 valence electrons. The summed E-state index contributed by atoms with van der Waals surface area (Å²) in [5, 5.41) is 21.5. The molecule has 3 aromatic rings. The first kappa shape index (κ1) is 21.4. The molecule has 1 fully saturated rings. The lowest BCUT2D eigenvalue weighted by Gasteiger charge is -2.25. The van der Waals surface area contributed by atoms with Gasteiger partial charge >= 0.3 is 0 Å². The zero-order valence-corrected chi connectivity index (χ0v) is 17.5. The predicted molar refractivity (Wildman–Crippen MR) is 117 cm³/mol. The Hall–Kier alpha value is -3.84. The Morgan fingerprint density at radius 2 is 1.81 bits per heavy atom. The van der Waals surface area contributed by atoms with E-state index < -0.39 is 29.3 Å². The van der Waals surface area contributed by atoms with Gasteiger partial charge in [0.15, 0.2) is 0 Å². The van der Waals surface area contributed by atoms with Gasteiger partial charge in [-0.2, -0.15) is 0 Å². The van der Waals surface area contributed by atoms with Gasteiger partial charge < -0.3 is 14.9 Å². The molecular formula is C24H17ClFNO5. The number of amides is 1. The molecule has 1 unspecified atom stereocenters. The summed E-state index contributed by atoms with van der Waals surface area (Å²) in [5.41, 5.74) is 0.335. The van der Waals surface area contributed by atoms with E-state index in [1.165, 1.54) is 55.6 Å². The number of Topliss-reactive ketones (excluding diaryl/α,β-unsaturated/α-hetero) is 1. The van der Waals surface area contributed by atoms with E-state index in [1.54, 1.807) is 12.1 Å². The maximum atomic E-state index is 13.9. The van der Waals surface area contributed by atoms with Crippen molar-refractivity contribution in [2.24, 2.45) is 0 Å². The van der Waals surface area contributed by atoms with Crippen LogP contribution in [0.3, 0.4) is 0 Å². The molecule has 1 heterocycles. The number of phenols is 1. The van der Waals surface area contributed by atoms with Crippen LogP contribution >= 0.6 is 11.6 Å². The van der Waals surface area contributed by atoms with E-state index in [1.807, 2.05) is 0 Å². The highest BCUT2D eigenvalue weighted by Gasteiger charge is 2.47. The molecular weight excluding hydrogens is 437 g/mol. The molecule has 0 aliphatic carbocycles. The third-order valence-electron chi connectivity index (χ3n) is 5.13. The Kier molecular flexibility index (Phi) is 5.59. The van der Waals surface area contributed by atoms with E-state index in [9.17, 15) is 24.2 Å². The van der Waals surface area contributed by atoms with Crippen molar-refractivity contribution in [3.63, 3.8) is 0 Å². The highest BCUT2D eigenvalue weighted by molar-refractivity contribution is 6.51. The zero-order valence-electron chi connectivity index (χ0n) is 16.8. The molecule has 0 aromatic heterocycles. The maximum Gasteiger partial charge on any atom is 0.300 e. The molecule has 0 bridgehead atoms. The van der Waals surface area contributed by atoms with Crippen LogP contribution in [0.1, 0.15) is 17.2 Å². The Morgan fingerprint density at radius 1 is 1.06 bits per heavy atom. The summed E-state index contributed by atoms with van der Waals surface area (Å²) in [4.78, 5) is 27.2. The number of halogens is 2. The lowest BCUT2D eigenvalue weighted by molar-refractivity contribution is -0.132. The summed E-state index contributed by atoms with van der Waals surface area (Å²) >= 11 is 6.08. The van der Waals surface area contributed by atoms with Crippen LogP contribution in [0, 0.1) is 5.82 Å². The number of aliphatic hydroxyl groups excluding tert-OH is 1. The summed E-state index contributed by atoms with van der Waals surface area (Å²) in [5.74, 6) is -2.90. The number of phenolic OH excluding ortho intramolecular Hbond substituents is 1. The normalized spacial score (nSPS) is 17.6. The van der Waals surface area contributed by atoms with E-state index in [0.29, 0.717) is 5.56 Å². The van der Waals surface area contributed by atoms with Gasteiger partial charge in [-0.15, -0.1) is 0 Å². The summed E-state index contributed by atoms with van der Waals surface area (Å²) in [6.45, 7) is 0. The van der Waals surface area contributed by atoms with Gasteiger partial charge in [0, 0.05) is 10.7 Å². The first-order chi connectivity index (χ1) is 15.3. The average Bonchev–Trinajstić information content (AvgIpc) is 3.04. The number of hydrogen-bond acceptors (Lipinski definition) is 5. The van der Waals surface area contributed by atoms with Crippen LogP contribution in [0.4, 0.5) is 10.1 Å². The fraction of sp³-hybridized carbons (Fsp3) is 0.0833. The summed E-state index contributed by atoms with van der Waals surface area (Å²) in [7, 11) is 1.39. The van der Waals surface area contributed by atoms with Gasteiger partial charge in [0.25, 0.3) is 11.7 Å². The number of benzene rings is 3. The van der Waals surface area contributed by atoms with E-state index in [0.717, 1.165) is 11.0 Å². The number of carbonyl (C=O) groups excluding carboxylic acids is 2. The summed E-state index contributed by atoms with van der Waals surface area (Å²) < 4.78 is 19.2. The number of carbonyl (C=O) groups is 2. The van der Waals surface area contributed by atoms with Crippen LogP contribution in [0.25, 0.3) is 5.76 Å².